The third-order valence-corrected chi connectivity index (χ3v) is 8.04. The number of amides is 1. The van der Waals surface area contributed by atoms with E-state index in [1.54, 1.807) is 6.07 Å². The normalized spacial score (nSPS) is 12.7. The van der Waals surface area contributed by atoms with E-state index in [-0.39, 0.29) is 31.2 Å². The number of sulfonamides is 1. The Hall–Kier alpha value is -2.08. The van der Waals surface area contributed by atoms with Gasteiger partial charge in [0.25, 0.3) is 5.91 Å². The minimum absolute atomic E-state index is 0.0864. The molecule has 0 saturated carbocycles. The first kappa shape index (κ1) is 24.6. The summed E-state index contributed by atoms with van der Waals surface area (Å²) in [6.45, 7) is 0.918. The van der Waals surface area contributed by atoms with Crippen LogP contribution in [0.15, 0.2) is 52.4 Å². The lowest BCUT2D eigenvalue weighted by Crippen LogP contribution is -2.36. The summed E-state index contributed by atoms with van der Waals surface area (Å²) in [6, 6.07) is 11.2. The number of rotatable bonds is 9. The van der Waals surface area contributed by atoms with Crippen LogP contribution in [0.1, 0.15) is 10.4 Å². The number of benzene rings is 2. The van der Waals surface area contributed by atoms with Crippen molar-refractivity contribution in [1.82, 2.24) is 8.87 Å². The Balaban J connectivity index is 1.86. The second-order valence-corrected chi connectivity index (χ2v) is 10.3. The Morgan fingerprint density at radius 2 is 1.72 bits per heavy atom. The summed E-state index contributed by atoms with van der Waals surface area (Å²) in [7, 11) is 1.08. The average molecular weight is 498 g/mol. The first-order chi connectivity index (χ1) is 15.3. The Kier molecular flexibility index (Phi) is 8.21. The van der Waals surface area contributed by atoms with Gasteiger partial charge in [-0.1, -0.05) is 22.9 Å². The van der Waals surface area contributed by atoms with Gasteiger partial charge in [-0.2, -0.15) is 9.30 Å². The molecule has 1 amide bonds. The van der Waals surface area contributed by atoms with Crippen molar-refractivity contribution in [1.29, 1.82) is 0 Å². The molecule has 1 heterocycles. The van der Waals surface area contributed by atoms with Crippen LogP contribution in [-0.4, -0.2) is 63.7 Å². The first-order valence-electron chi connectivity index (χ1n) is 9.70. The summed E-state index contributed by atoms with van der Waals surface area (Å²) in [5.74, 6) is -0.460. The van der Waals surface area contributed by atoms with Gasteiger partial charge >= 0.3 is 0 Å². The van der Waals surface area contributed by atoms with Crippen LogP contribution < -0.4 is 4.80 Å². The molecular weight excluding hydrogens is 474 g/mol. The van der Waals surface area contributed by atoms with Gasteiger partial charge in [0.2, 0.25) is 10.0 Å². The third-order valence-electron chi connectivity index (χ3n) is 4.80. The van der Waals surface area contributed by atoms with Crippen molar-refractivity contribution in [2.75, 3.05) is 40.5 Å². The van der Waals surface area contributed by atoms with Gasteiger partial charge < -0.3 is 14.0 Å². The molecule has 1 aromatic heterocycles. The Morgan fingerprint density at radius 3 is 2.31 bits per heavy atom. The number of hydrogen-bond acceptors (Lipinski definition) is 6. The number of carbonyl (C=O) groups excluding carboxylic acids is 1. The predicted molar refractivity (Wildman–Crippen MR) is 125 cm³/mol. The maximum absolute atomic E-state index is 13.0. The minimum Gasteiger partial charge on any atom is -0.383 e. The van der Waals surface area contributed by atoms with E-state index < -0.39 is 15.9 Å². The molecular formula is C21H24ClN3O5S2. The van der Waals surface area contributed by atoms with Crippen LogP contribution in [-0.2, 0) is 26.5 Å². The molecule has 0 aliphatic carbocycles. The quantitative estimate of drug-likeness (QED) is 0.453. The van der Waals surface area contributed by atoms with Crippen molar-refractivity contribution in [3.63, 3.8) is 0 Å². The Bertz CT molecular complexity index is 1260. The summed E-state index contributed by atoms with van der Waals surface area (Å²) in [5, 5.41) is 0.610. The second kappa shape index (κ2) is 10.7. The number of thiazole rings is 1. The maximum atomic E-state index is 13.0. The molecule has 0 radical (unpaired) electrons. The fourth-order valence-corrected chi connectivity index (χ4v) is 5.72. The lowest BCUT2D eigenvalue weighted by molar-refractivity contribution is 0.0998. The zero-order valence-electron chi connectivity index (χ0n) is 17.9. The molecule has 0 aliphatic rings. The van der Waals surface area contributed by atoms with Gasteiger partial charge in [0.15, 0.2) is 4.80 Å². The van der Waals surface area contributed by atoms with Crippen molar-refractivity contribution in [2.24, 2.45) is 12.0 Å². The highest BCUT2D eigenvalue weighted by Gasteiger charge is 2.24. The van der Waals surface area contributed by atoms with E-state index in [4.69, 9.17) is 21.1 Å². The van der Waals surface area contributed by atoms with Crippen molar-refractivity contribution in [3.05, 3.63) is 57.9 Å². The van der Waals surface area contributed by atoms with E-state index in [1.165, 1.54) is 54.1 Å². The molecule has 32 heavy (non-hydrogen) atoms. The maximum Gasteiger partial charge on any atom is 0.279 e. The minimum atomic E-state index is -3.76. The van der Waals surface area contributed by atoms with Crippen LogP contribution in [0.5, 0.6) is 0 Å². The molecule has 0 fully saturated rings. The number of ether oxygens (including phenoxy) is 2. The summed E-state index contributed by atoms with van der Waals surface area (Å²) in [5.41, 5.74) is 1.21. The number of nitrogens with zero attached hydrogens (tertiary/aromatic N) is 3. The van der Waals surface area contributed by atoms with Crippen LogP contribution in [0.2, 0.25) is 5.02 Å². The predicted octanol–water partition coefficient (Wildman–Crippen LogP) is 2.92. The molecule has 0 bridgehead atoms. The highest BCUT2D eigenvalue weighted by Crippen LogP contribution is 2.21. The van der Waals surface area contributed by atoms with Gasteiger partial charge in [0.05, 0.1) is 28.3 Å². The summed E-state index contributed by atoms with van der Waals surface area (Å²) < 4.78 is 40.0. The third kappa shape index (κ3) is 5.45. The molecule has 0 spiro atoms. The molecule has 0 unspecified atom stereocenters. The summed E-state index contributed by atoms with van der Waals surface area (Å²) in [4.78, 5) is 17.5. The van der Waals surface area contributed by atoms with Crippen molar-refractivity contribution in [2.45, 2.75) is 4.90 Å². The zero-order valence-corrected chi connectivity index (χ0v) is 20.3. The lowest BCUT2D eigenvalue weighted by Gasteiger charge is -2.21. The van der Waals surface area contributed by atoms with Crippen LogP contribution in [0.4, 0.5) is 0 Å². The van der Waals surface area contributed by atoms with Crippen molar-refractivity contribution in [3.8, 4) is 0 Å². The van der Waals surface area contributed by atoms with E-state index in [0.29, 0.717) is 15.4 Å². The first-order valence-corrected chi connectivity index (χ1v) is 12.3. The molecule has 2 aromatic carbocycles. The fraction of sp³-hybridized carbons (Fsp3) is 0.333. The molecule has 3 aromatic rings. The topological polar surface area (TPSA) is 90.2 Å². The number of fused-ring (bicyclic) bond motifs is 1. The SMILES string of the molecule is COCCN(CCOC)S(=O)(=O)c1ccc(C(=O)N=c2sc3cc(Cl)ccc3n2C)cc1. The largest absolute Gasteiger partial charge is 0.383 e. The molecule has 0 aliphatic heterocycles. The molecule has 0 N–H and O–H groups in total. The van der Waals surface area contributed by atoms with E-state index in [2.05, 4.69) is 4.99 Å². The number of aryl methyl sites for hydroxylation is 1. The molecule has 8 nitrogen and oxygen atoms in total. The smallest absolute Gasteiger partial charge is 0.279 e. The van der Waals surface area contributed by atoms with E-state index in [1.807, 2.05) is 23.7 Å². The Morgan fingerprint density at radius 1 is 1.09 bits per heavy atom. The molecule has 11 heteroatoms. The van der Waals surface area contributed by atoms with Crippen molar-refractivity contribution < 1.29 is 22.7 Å². The average Bonchev–Trinajstić information content (AvgIpc) is 3.07. The van der Waals surface area contributed by atoms with Crippen molar-refractivity contribution >= 4 is 49.1 Å². The van der Waals surface area contributed by atoms with E-state index in [0.717, 1.165) is 10.2 Å². The highest BCUT2D eigenvalue weighted by atomic mass is 35.5. The second-order valence-electron chi connectivity index (χ2n) is 6.89. The summed E-state index contributed by atoms with van der Waals surface area (Å²) >= 11 is 7.40. The lowest BCUT2D eigenvalue weighted by atomic mass is 10.2. The van der Waals surface area contributed by atoms with E-state index in [9.17, 15) is 13.2 Å². The monoisotopic (exact) mass is 497 g/mol. The van der Waals surface area contributed by atoms with Gasteiger partial charge in [-0.05, 0) is 42.5 Å². The summed E-state index contributed by atoms with van der Waals surface area (Å²) in [6.07, 6.45) is 0. The number of methoxy groups -OCH3 is 2. The number of halogens is 1. The van der Waals surface area contributed by atoms with Gasteiger partial charge in [0, 0.05) is 44.9 Å². The van der Waals surface area contributed by atoms with Gasteiger partial charge in [-0.15, -0.1) is 0 Å². The standard InChI is InChI=1S/C21H24ClN3O5S2/c1-24-18-9-6-16(22)14-19(18)31-21(24)23-20(26)15-4-7-17(8-5-15)32(27,28)25(10-12-29-2)11-13-30-3/h4-9,14H,10-13H2,1-3H3. The fourth-order valence-electron chi connectivity index (χ4n) is 3.02. The number of hydrogen-bond donors (Lipinski definition) is 0. The molecule has 172 valence electrons. The van der Waals surface area contributed by atoms with Gasteiger partial charge in [-0.3, -0.25) is 4.79 Å². The molecule has 0 atom stereocenters. The van der Waals surface area contributed by atoms with Crippen LogP contribution >= 0.6 is 22.9 Å². The zero-order chi connectivity index (χ0) is 23.3. The number of carbonyl (C=O) groups is 1. The molecule has 3 rings (SSSR count). The van der Waals surface area contributed by atoms with Crippen LogP contribution in [0, 0.1) is 0 Å². The van der Waals surface area contributed by atoms with Gasteiger partial charge in [-0.25, -0.2) is 8.42 Å². The van der Waals surface area contributed by atoms with E-state index >= 15 is 0 Å². The van der Waals surface area contributed by atoms with Gasteiger partial charge in [0.1, 0.15) is 0 Å². The molecule has 0 saturated heterocycles. The van der Waals surface area contributed by atoms with Crippen LogP contribution in [0.3, 0.4) is 0 Å². The van der Waals surface area contributed by atoms with Crippen LogP contribution in [0.25, 0.3) is 10.2 Å². The Labute approximate surface area is 195 Å². The number of aromatic nitrogens is 1. The highest BCUT2D eigenvalue weighted by molar-refractivity contribution is 7.89.